The standard InChI is InChI=1S/C35H57N5O7S2/c1-7-8-9-10-11-12-13-14-15-16-17-18-19-20-21-22-31(41)46-26-35(3,4)34-37-36-33-32(27(2)38-40(33)34)47-30-24-23-28(48(5,42)43)25-29(30)39-49(6,44)45/h23-25,38-39H,7-22,26H2,1-6H3. The number of ether oxygens (including phenoxy) is 2. The summed E-state index contributed by atoms with van der Waals surface area (Å²) in [5.74, 6) is 0.642. The minimum absolute atomic E-state index is 0.0368. The van der Waals surface area contributed by atoms with Gasteiger partial charge in [-0.15, -0.1) is 10.2 Å². The van der Waals surface area contributed by atoms with Crippen molar-refractivity contribution in [3.63, 3.8) is 0 Å². The van der Waals surface area contributed by atoms with Crippen molar-refractivity contribution in [3.05, 3.63) is 29.7 Å². The van der Waals surface area contributed by atoms with Gasteiger partial charge in [-0.1, -0.05) is 96.8 Å². The maximum atomic E-state index is 12.6. The molecule has 0 atom stereocenters. The smallest absolute Gasteiger partial charge is 0.305 e. The van der Waals surface area contributed by atoms with Gasteiger partial charge in [0.15, 0.2) is 27.2 Å². The molecule has 1 aromatic carbocycles. The molecule has 49 heavy (non-hydrogen) atoms. The van der Waals surface area contributed by atoms with Crippen LogP contribution in [0.5, 0.6) is 11.5 Å². The molecular weight excluding hydrogens is 667 g/mol. The van der Waals surface area contributed by atoms with Gasteiger partial charge in [0, 0.05) is 12.7 Å². The van der Waals surface area contributed by atoms with E-state index in [0.29, 0.717) is 23.6 Å². The number of aryl methyl sites for hydroxylation is 1. The van der Waals surface area contributed by atoms with Crippen molar-refractivity contribution in [3.8, 4) is 11.5 Å². The Labute approximate surface area is 293 Å². The van der Waals surface area contributed by atoms with Gasteiger partial charge in [-0.3, -0.25) is 14.6 Å². The number of hydrogen-bond acceptors (Lipinski definition) is 9. The van der Waals surface area contributed by atoms with Crippen LogP contribution in [0.4, 0.5) is 5.69 Å². The Kier molecular flexibility index (Phi) is 15.4. The molecule has 2 heterocycles. The van der Waals surface area contributed by atoms with Crippen LogP contribution in [0, 0.1) is 6.92 Å². The molecule has 3 rings (SSSR count). The Morgan fingerprint density at radius 1 is 0.857 bits per heavy atom. The van der Waals surface area contributed by atoms with Crippen molar-refractivity contribution in [1.29, 1.82) is 0 Å². The fraction of sp³-hybridized carbons (Fsp3) is 0.686. The lowest BCUT2D eigenvalue weighted by Crippen LogP contribution is -2.29. The number of fused-ring (bicyclic) bond motifs is 1. The van der Waals surface area contributed by atoms with Crippen molar-refractivity contribution in [2.45, 2.75) is 141 Å². The monoisotopic (exact) mass is 723 g/mol. The molecule has 0 radical (unpaired) electrons. The number of sulfonamides is 1. The second-order valence-electron chi connectivity index (χ2n) is 13.9. The lowest BCUT2D eigenvalue weighted by Gasteiger charge is -2.21. The molecule has 0 saturated carbocycles. The predicted octanol–water partition coefficient (Wildman–Crippen LogP) is 8.02. The van der Waals surface area contributed by atoms with Crippen LogP contribution in [0.25, 0.3) is 5.65 Å². The first kappa shape index (κ1) is 40.3. The number of anilines is 1. The van der Waals surface area contributed by atoms with E-state index in [1.807, 2.05) is 13.8 Å². The molecule has 3 aromatic rings. The molecule has 2 N–H and O–H groups in total. The number of benzene rings is 1. The fourth-order valence-corrected chi connectivity index (χ4v) is 6.95. The van der Waals surface area contributed by atoms with E-state index in [2.05, 4.69) is 26.9 Å². The van der Waals surface area contributed by atoms with Crippen LogP contribution in [-0.4, -0.2) is 61.7 Å². The van der Waals surface area contributed by atoms with Gasteiger partial charge in [0.2, 0.25) is 15.7 Å². The summed E-state index contributed by atoms with van der Waals surface area (Å²) in [6.07, 6.45) is 21.4. The number of carbonyl (C=O) groups excluding carboxylic acids is 1. The van der Waals surface area contributed by atoms with Crippen molar-refractivity contribution in [2.24, 2.45) is 0 Å². The summed E-state index contributed by atoms with van der Waals surface area (Å²) in [6.45, 7) is 7.92. The normalized spacial score (nSPS) is 12.4. The summed E-state index contributed by atoms with van der Waals surface area (Å²) in [6, 6.07) is 3.92. The number of unbranched alkanes of at least 4 members (excludes halogenated alkanes) is 14. The number of carbonyl (C=O) groups is 1. The fourth-order valence-electron chi connectivity index (χ4n) is 5.74. The highest BCUT2D eigenvalue weighted by Crippen LogP contribution is 2.36. The minimum atomic E-state index is -3.75. The molecule has 276 valence electrons. The van der Waals surface area contributed by atoms with Crippen LogP contribution in [0.1, 0.15) is 135 Å². The first-order valence-electron chi connectivity index (χ1n) is 17.7. The van der Waals surface area contributed by atoms with Crippen LogP contribution in [0.15, 0.2) is 23.1 Å². The Hall–Kier alpha value is -3.13. The van der Waals surface area contributed by atoms with E-state index < -0.39 is 25.3 Å². The molecule has 0 spiro atoms. The summed E-state index contributed by atoms with van der Waals surface area (Å²) in [5, 5.41) is 11.8. The topological polar surface area (TPSA) is 162 Å². The largest absolute Gasteiger partial charge is 0.465 e. The molecule has 0 bridgehead atoms. The summed E-state index contributed by atoms with van der Waals surface area (Å²) in [4.78, 5) is 12.5. The average Bonchev–Trinajstić information content (AvgIpc) is 3.56. The van der Waals surface area contributed by atoms with Gasteiger partial charge < -0.3 is 9.47 Å². The summed E-state index contributed by atoms with van der Waals surface area (Å²) >= 11 is 0. The molecule has 0 aliphatic carbocycles. The second-order valence-corrected chi connectivity index (χ2v) is 17.7. The highest BCUT2D eigenvalue weighted by atomic mass is 32.2. The molecular formula is C35H57N5O7S2. The van der Waals surface area contributed by atoms with Gasteiger partial charge in [0.05, 0.1) is 27.9 Å². The number of rotatable bonds is 24. The van der Waals surface area contributed by atoms with E-state index in [1.54, 1.807) is 11.4 Å². The van der Waals surface area contributed by atoms with Crippen molar-refractivity contribution in [1.82, 2.24) is 19.8 Å². The summed E-state index contributed by atoms with van der Waals surface area (Å²) in [7, 11) is -7.35. The first-order chi connectivity index (χ1) is 23.1. The molecule has 0 saturated heterocycles. The van der Waals surface area contributed by atoms with Gasteiger partial charge >= 0.3 is 5.97 Å². The van der Waals surface area contributed by atoms with Gasteiger partial charge in [0.1, 0.15) is 6.61 Å². The molecule has 0 amide bonds. The van der Waals surface area contributed by atoms with E-state index >= 15 is 0 Å². The summed E-state index contributed by atoms with van der Waals surface area (Å²) < 4.78 is 63.9. The number of nitrogens with one attached hydrogen (secondary N) is 2. The zero-order valence-corrected chi connectivity index (χ0v) is 31.9. The minimum Gasteiger partial charge on any atom is -0.465 e. The second kappa shape index (κ2) is 18.7. The Balaban J connectivity index is 1.46. The maximum Gasteiger partial charge on any atom is 0.305 e. The Morgan fingerprint density at radius 2 is 1.41 bits per heavy atom. The van der Waals surface area contributed by atoms with E-state index in [4.69, 9.17) is 9.47 Å². The van der Waals surface area contributed by atoms with Gasteiger partial charge in [0.25, 0.3) is 0 Å². The van der Waals surface area contributed by atoms with E-state index in [1.165, 1.54) is 95.2 Å². The number of hydrogen-bond donors (Lipinski definition) is 2. The zero-order valence-electron chi connectivity index (χ0n) is 30.3. The predicted molar refractivity (Wildman–Crippen MR) is 194 cm³/mol. The molecule has 2 aromatic heterocycles. The van der Waals surface area contributed by atoms with Gasteiger partial charge in [-0.05, 0) is 45.4 Å². The lowest BCUT2D eigenvalue weighted by atomic mass is 9.94. The lowest BCUT2D eigenvalue weighted by molar-refractivity contribution is -0.145. The quantitative estimate of drug-likeness (QED) is 0.0689. The Morgan fingerprint density at radius 3 is 1.94 bits per heavy atom. The number of nitrogens with zero attached hydrogens (tertiary/aromatic N) is 3. The van der Waals surface area contributed by atoms with Crippen LogP contribution in [0.2, 0.25) is 0 Å². The van der Waals surface area contributed by atoms with Crippen LogP contribution in [-0.2, 0) is 34.8 Å². The van der Waals surface area contributed by atoms with E-state index in [9.17, 15) is 21.6 Å². The number of aromatic nitrogens is 4. The van der Waals surface area contributed by atoms with Crippen LogP contribution in [0.3, 0.4) is 0 Å². The molecule has 0 unspecified atom stereocenters. The number of aromatic amines is 1. The van der Waals surface area contributed by atoms with Crippen LogP contribution < -0.4 is 9.46 Å². The third kappa shape index (κ3) is 13.3. The molecule has 14 heteroatoms. The SMILES string of the molecule is CCCCCCCCCCCCCCCCCC(=O)OCC(C)(C)c1nnc2c(Oc3ccc(S(C)(=O)=O)cc3NS(C)(=O)=O)c(C)[nH]n12. The maximum absolute atomic E-state index is 12.6. The highest BCUT2D eigenvalue weighted by Gasteiger charge is 2.31. The van der Waals surface area contributed by atoms with Gasteiger partial charge in [-0.2, -0.15) is 0 Å². The molecule has 0 aliphatic heterocycles. The highest BCUT2D eigenvalue weighted by molar-refractivity contribution is 7.92. The summed E-state index contributed by atoms with van der Waals surface area (Å²) in [5.41, 5.74) is 0.177. The number of esters is 1. The molecule has 0 fully saturated rings. The third-order valence-electron chi connectivity index (χ3n) is 8.56. The van der Waals surface area contributed by atoms with Gasteiger partial charge in [-0.25, -0.2) is 21.4 Å². The zero-order chi connectivity index (χ0) is 36.1. The van der Waals surface area contributed by atoms with Crippen LogP contribution >= 0.6 is 0 Å². The van der Waals surface area contributed by atoms with Crippen molar-refractivity contribution in [2.75, 3.05) is 23.8 Å². The molecule has 12 nitrogen and oxygen atoms in total. The first-order valence-corrected chi connectivity index (χ1v) is 21.5. The van der Waals surface area contributed by atoms with Crippen molar-refractivity contribution < 1.29 is 31.1 Å². The number of H-pyrrole nitrogens is 1. The van der Waals surface area contributed by atoms with E-state index in [-0.39, 0.29) is 34.7 Å². The third-order valence-corrected chi connectivity index (χ3v) is 10.3. The Bertz CT molecular complexity index is 1710. The van der Waals surface area contributed by atoms with Crippen molar-refractivity contribution >= 4 is 37.2 Å². The number of sulfone groups is 1. The molecule has 0 aliphatic rings. The van der Waals surface area contributed by atoms with E-state index in [0.717, 1.165) is 31.8 Å². The average molecular weight is 724 g/mol.